The van der Waals surface area contributed by atoms with Crippen molar-refractivity contribution in [1.29, 1.82) is 0 Å². The maximum absolute atomic E-state index is 12.2. The summed E-state index contributed by atoms with van der Waals surface area (Å²) in [6.45, 7) is 4.06. The van der Waals surface area contributed by atoms with Crippen molar-refractivity contribution in [2.45, 2.75) is 32.2 Å². The summed E-state index contributed by atoms with van der Waals surface area (Å²) in [7, 11) is 0. The quantitative estimate of drug-likeness (QED) is 0.503. The zero-order chi connectivity index (χ0) is 22.2. The number of nitroso groups, excluding NO2 is 1. The number of aliphatic hydroxyl groups is 1. The molecule has 0 aliphatic carbocycles. The van der Waals surface area contributed by atoms with E-state index in [0.29, 0.717) is 12.0 Å². The first-order valence-electron chi connectivity index (χ1n) is 10.3. The lowest BCUT2D eigenvalue weighted by molar-refractivity contribution is 0.0944. The molecule has 0 saturated carbocycles. The Morgan fingerprint density at radius 3 is 2.45 bits per heavy atom. The summed E-state index contributed by atoms with van der Waals surface area (Å²) in [6.07, 6.45) is 2.21. The molecule has 6 nitrogen and oxygen atoms in total. The monoisotopic (exact) mass is 417 g/mol. The molecule has 0 spiro atoms. The van der Waals surface area contributed by atoms with Crippen molar-refractivity contribution in [3.8, 4) is 0 Å². The van der Waals surface area contributed by atoms with Gasteiger partial charge in [0.25, 0.3) is 5.91 Å². The van der Waals surface area contributed by atoms with Crippen LogP contribution < -0.4 is 5.32 Å². The minimum absolute atomic E-state index is 0.0630. The Morgan fingerprint density at radius 1 is 1.06 bits per heavy atom. The molecule has 160 valence electrons. The highest BCUT2D eigenvalue weighted by Gasteiger charge is 2.23. The fourth-order valence-electron chi connectivity index (χ4n) is 3.80. The zero-order valence-corrected chi connectivity index (χ0v) is 17.8. The van der Waals surface area contributed by atoms with Crippen LogP contribution in [0.3, 0.4) is 0 Å². The molecule has 0 fully saturated rings. The molecular weight excluding hydrogens is 390 g/mol. The SMILES string of the molecule is Cc1cc(C(C[C@H](c2ccc(C(=O)NCCO)cc2)c2ccccc2C)N=O)ccn1. The summed E-state index contributed by atoms with van der Waals surface area (Å²) in [5.41, 5.74) is 5.48. The normalized spacial score (nSPS) is 12.7. The van der Waals surface area contributed by atoms with E-state index in [-0.39, 0.29) is 25.0 Å². The van der Waals surface area contributed by atoms with Gasteiger partial charge in [-0.3, -0.25) is 9.78 Å². The van der Waals surface area contributed by atoms with E-state index in [1.807, 2.05) is 43.3 Å². The Morgan fingerprint density at radius 2 is 1.81 bits per heavy atom. The van der Waals surface area contributed by atoms with Crippen LogP contribution in [0.25, 0.3) is 0 Å². The van der Waals surface area contributed by atoms with Crippen LogP contribution in [0.15, 0.2) is 72.0 Å². The molecule has 1 unspecified atom stereocenters. The fourth-order valence-corrected chi connectivity index (χ4v) is 3.80. The van der Waals surface area contributed by atoms with Gasteiger partial charge in [0.05, 0.1) is 6.61 Å². The molecule has 2 N–H and O–H groups in total. The van der Waals surface area contributed by atoms with E-state index in [4.69, 9.17) is 5.11 Å². The number of aryl methyl sites for hydroxylation is 2. The first kappa shape index (κ1) is 22.3. The van der Waals surface area contributed by atoms with E-state index in [1.165, 1.54) is 0 Å². The second kappa shape index (κ2) is 10.6. The highest BCUT2D eigenvalue weighted by atomic mass is 16.3. The van der Waals surface area contributed by atoms with Crippen LogP contribution >= 0.6 is 0 Å². The third kappa shape index (κ3) is 5.61. The molecule has 0 aliphatic heterocycles. The van der Waals surface area contributed by atoms with Crippen LogP contribution in [0, 0.1) is 18.8 Å². The molecule has 0 bridgehead atoms. The molecule has 0 saturated heterocycles. The number of benzene rings is 2. The number of rotatable bonds is 9. The topological polar surface area (TPSA) is 91.6 Å². The van der Waals surface area contributed by atoms with E-state index < -0.39 is 6.04 Å². The van der Waals surface area contributed by atoms with Gasteiger partial charge in [-0.05, 0) is 66.8 Å². The maximum Gasteiger partial charge on any atom is 0.251 e. The van der Waals surface area contributed by atoms with Gasteiger partial charge in [0.2, 0.25) is 0 Å². The third-order valence-corrected chi connectivity index (χ3v) is 5.43. The Labute approximate surface area is 182 Å². The number of aromatic nitrogens is 1. The van der Waals surface area contributed by atoms with Crippen molar-refractivity contribution in [3.05, 3.63) is 105 Å². The van der Waals surface area contributed by atoms with Crippen molar-refractivity contribution >= 4 is 5.91 Å². The van der Waals surface area contributed by atoms with Crippen molar-refractivity contribution in [3.63, 3.8) is 0 Å². The minimum Gasteiger partial charge on any atom is -0.395 e. The molecule has 3 aromatic rings. The van der Waals surface area contributed by atoms with E-state index in [9.17, 15) is 9.70 Å². The molecule has 2 aromatic carbocycles. The van der Waals surface area contributed by atoms with Gasteiger partial charge < -0.3 is 10.4 Å². The first-order chi connectivity index (χ1) is 15.0. The third-order valence-electron chi connectivity index (χ3n) is 5.43. The van der Waals surface area contributed by atoms with E-state index >= 15 is 0 Å². The standard InChI is InChI=1S/C25H27N3O3/c1-17-5-3-4-6-22(17)23(16-24(28-31)21-11-12-26-18(2)15-21)19-7-9-20(10-8-19)25(30)27-13-14-29/h3-12,15,23-24,29H,13-14,16H2,1-2H3,(H,27,30)/t23-,24?/m1/s1. The maximum atomic E-state index is 12.2. The highest BCUT2D eigenvalue weighted by molar-refractivity contribution is 5.94. The second-order valence-electron chi connectivity index (χ2n) is 7.60. The lowest BCUT2D eigenvalue weighted by Crippen LogP contribution is -2.26. The predicted molar refractivity (Wildman–Crippen MR) is 121 cm³/mol. The summed E-state index contributed by atoms with van der Waals surface area (Å²) in [6, 6.07) is 18.7. The van der Waals surface area contributed by atoms with Crippen LogP contribution in [0.2, 0.25) is 0 Å². The first-order valence-corrected chi connectivity index (χ1v) is 10.3. The van der Waals surface area contributed by atoms with E-state index in [0.717, 1.165) is 27.9 Å². The van der Waals surface area contributed by atoms with E-state index in [2.05, 4.69) is 34.5 Å². The number of hydrogen-bond acceptors (Lipinski definition) is 5. The fraction of sp³-hybridized carbons (Fsp3) is 0.280. The van der Waals surface area contributed by atoms with Crippen molar-refractivity contribution < 1.29 is 9.90 Å². The van der Waals surface area contributed by atoms with Crippen LogP contribution in [0.4, 0.5) is 0 Å². The number of carbonyl (C=O) groups is 1. The summed E-state index contributed by atoms with van der Waals surface area (Å²) < 4.78 is 0. The number of pyridine rings is 1. The minimum atomic E-state index is -0.515. The molecule has 1 amide bonds. The Balaban J connectivity index is 1.95. The van der Waals surface area contributed by atoms with Gasteiger partial charge in [-0.1, -0.05) is 41.6 Å². The van der Waals surface area contributed by atoms with Gasteiger partial charge in [-0.25, -0.2) is 0 Å². The van der Waals surface area contributed by atoms with Crippen LogP contribution in [0.5, 0.6) is 0 Å². The van der Waals surface area contributed by atoms with Gasteiger partial charge in [-0.15, -0.1) is 0 Å². The molecule has 31 heavy (non-hydrogen) atoms. The molecule has 1 aromatic heterocycles. The molecule has 2 atom stereocenters. The lowest BCUT2D eigenvalue weighted by Gasteiger charge is -2.23. The Hall–Kier alpha value is -3.38. The second-order valence-corrected chi connectivity index (χ2v) is 7.60. The average Bonchev–Trinajstić information content (AvgIpc) is 2.79. The number of hydrogen-bond donors (Lipinski definition) is 2. The largest absolute Gasteiger partial charge is 0.395 e. The van der Waals surface area contributed by atoms with Crippen LogP contribution in [-0.4, -0.2) is 29.1 Å². The molecule has 1 heterocycles. The van der Waals surface area contributed by atoms with Crippen molar-refractivity contribution in [2.75, 3.05) is 13.2 Å². The van der Waals surface area contributed by atoms with Gasteiger partial charge >= 0.3 is 0 Å². The highest BCUT2D eigenvalue weighted by Crippen LogP contribution is 2.37. The van der Waals surface area contributed by atoms with Crippen LogP contribution in [-0.2, 0) is 0 Å². The van der Waals surface area contributed by atoms with Crippen molar-refractivity contribution in [1.82, 2.24) is 10.3 Å². The van der Waals surface area contributed by atoms with E-state index in [1.54, 1.807) is 18.3 Å². The van der Waals surface area contributed by atoms with Crippen LogP contribution in [0.1, 0.15) is 56.7 Å². The summed E-state index contributed by atoms with van der Waals surface area (Å²) in [5, 5.41) is 15.0. The Bertz CT molecular complexity index is 1030. The Kier molecular flexibility index (Phi) is 7.62. The van der Waals surface area contributed by atoms with Gasteiger partial charge in [-0.2, -0.15) is 4.91 Å². The molecular formula is C25H27N3O3. The average molecular weight is 418 g/mol. The zero-order valence-electron chi connectivity index (χ0n) is 17.8. The molecule has 0 radical (unpaired) electrons. The molecule has 3 rings (SSSR count). The summed E-state index contributed by atoms with van der Waals surface area (Å²) >= 11 is 0. The number of aliphatic hydroxyl groups excluding tert-OH is 1. The number of nitrogens with one attached hydrogen (secondary N) is 1. The van der Waals surface area contributed by atoms with Crippen molar-refractivity contribution in [2.24, 2.45) is 5.18 Å². The summed E-state index contributed by atoms with van der Waals surface area (Å²) in [4.78, 5) is 28.2. The van der Waals surface area contributed by atoms with Gasteiger partial charge in [0, 0.05) is 29.9 Å². The summed E-state index contributed by atoms with van der Waals surface area (Å²) in [5.74, 6) is -0.292. The smallest absolute Gasteiger partial charge is 0.251 e. The predicted octanol–water partition coefficient (Wildman–Crippen LogP) is 4.45. The number of carbonyl (C=O) groups excluding carboxylic acids is 1. The molecule has 0 aliphatic rings. The number of amides is 1. The molecule has 6 heteroatoms. The lowest BCUT2D eigenvalue weighted by atomic mass is 9.82. The number of nitrogens with zero attached hydrogens (tertiary/aromatic N) is 2. The van der Waals surface area contributed by atoms with Gasteiger partial charge in [0.1, 0.15) is 6.04 Å². The van der Waals surface area contributed by atoms with Gasteiger partial charge in [0.15, 0.2) is 0 Å².